The first-order chi connectivity index (χ1) is 15.9. The molecular formula is C23H18F3N5O2. The van der Waals surface area contributed by atoms with Crippen molar-refractivity contribution in [1.29, 1.82) is 0 Å². The van der Waals surface area contributed by atoms with E-state index in [-0.39, 0.29) is 23.4 Å². The van der Waals surface area contributed by atoms with Crippen molar-refractivity contribution in [3.05, 3.63) is 108 Å². The molecule has 4 rings (SSSR count). The van der Waals surface area contributed by atoms with Gasteiger partial charge in [-0.25, -0.2) is 37.6 Å². The van der Waals surface area contributed by atoms with Crippen molar-refractivity contribution in [2.24, 2.45) is 0 Å². The Labute approximate surface area is 186 Å². The number of nitrogens with zero attached hydrogens (tertiary/aromatic N) is 5. The van der Waals surface area contributed by atoms with Crippen LogP contribution < -0.4 is 0 Å². The zero-order chi connectivity index (χ0) is 23.4. The number of hydrogen-bond donors (Lipinski definition) is 0. The van der Waals surface area contributed by atoms with Crippen LogP contribution in [0.15, 0.2) is 73.7 Å². The van der Waals surface area contributed by atoms with Crippen molar-refractivity contribution in [3.8, 4) is 0 Å². The molecule has 2 heterocycles. The Morgan fingerprint density at radius 2 is 1.85 bits per heavy atom. The summed E-state index contributed by atoms with van der Waals surface area (Å²) in [5.74, 6) is -4.40. The number of aromatic nitrogens is 5. The minimum Gasteiger partial charge on any atom is -0.448 e. The van der Waals surface area contributed by atoms with E-state index in [1.807, 2.05) is 0 Å². The van der Waals surface area contributed by atoms with Gasteiger partial charge in [-0.05, 0) is 24.3 Å². The first kappa shape index (κ1) is 22.1. The lowest BCUT2D eigenvalue weighted by atomic mass is 9.79. The third-order valence-corrected chi connectivity index (χ3v) is 5.34. The van der Waals surface area contributed by atoms with Crippen LogP contribution in [0.4, 0.5) is 13.2 Å². The van der Waals surface area contributed by atoms with Gasteiger partial charge in [0.05, 0.1) is 24.0 Å². The smallest absolute Gasteiger partial charge is 0.339 e. The van der Waals surface area contributed by atoms with Gasteiger partial charge in [0.1, 0.15) is 30.6 Å². The number of rotatable bonds is 7. The zero-order valence-electron chi connectivity index (χ0n) is 17.4. The molecule has 0 saturated heterocycles. The van der Waals surface area contributed by atoms with Gasteiger partial charge in [0, 0.05) is 17.5 Å². The summed E-state index contributed by atoms with van der Waals surface area (Å²) < 4.78 is 51.0. The fraction of sp³-hybridized carbons (Fsp3) is 0.174. The van der Waals surface area contributed by atoms with Gasteiger partial charge in [-0.3, -0.25) is 0 Å². The molecular weight excluding hydrogens is 435 g/mol. The molecule has 33 heavy (non-hydrogen) atoms. The topological polar surface area (TPSA) is 82.8 Å². The van der Waals surface area contributed by atoms with Crippen LogP contribution in [0.5, 0.6) is 0 Å². The fourth-order valence-corrected chi connectivity index (χ4v) is 3.68. The molecule has 2 aromatic heterocycles. The molecule has 0 spiro atoms. The maximum absolute atomic E-state index is 15.2. The quantitative estimate of drug-likeness (QED) is 0.393. The van der Waals surface area contributed by atoms with Crippen molar-refractivity contribution in [3.63, 3.8) is 0 Å². The standard InChI is InChI=1S/C23H18F3N5O2/c1-15(21-20(26)10-27-12-29-21)23(11-31-14-28-13-30-31,18-8-7-17(24)9-19(18)25)33-22(32)16-5-3-2-4-6-16/h2-10,12-15H,11H2,1H3/t15-,23+/m0/s1. The highest BCUT2D eigenvalue weighted by molar-refractivity contribution is 5.89. The first-order valence-electron chi connectivity index (χ1n) is 9.92. The van der Waals surface area contributed by atoms with Gasteiger partial charge in [-0.15, -0.1) is 0 Å². The summed E-state index contributed by atoms with van der Waals surface area (Å²) in [6.45, 7) is 1.28. The molecule has 2 atom stereocenters. The van der Waals surface area contributed by atoms with Gasteiger partial charge in [0.2, 0.25) is 0 Å². The number of carbonyl (C=O) groups is 1. The molecule has 4 aromatic rings. The van der Waals surface area contributed by atoms with Gasteiger partial charge in [0.25, 0.3) is 0 Å². The van der Waals surface area contributed by atoms with E-state index in [2.05, 4.69) is 20.1 Å². The molecule has 0 bridgehead atoms. The Kier molecular flexibility index (Phi) is 6.16. The van der Waals surface area contributed by atoms with Crippen molar-refractivity contribution in [2.45, 2.75) is 25.0 Å². The third-order valence-electron chi connectivity index (χ3n) is 5.34. The minimum absolute atomic E-state index is 0.116. The molecule has 0 unspecified atom stereocenters. The number of benzene rings is 2. The predicted molar refractivity (Wildman–Crippen MR) is 110 cm³/mol. The van der Waals surface area contributed by atoms with E-state index in [0.29, 0.717) is 6.07 Å². The summed E-state index contributed by atoms with van der Waals surface area (Å²) >= 11 is 0. The van der Waals surface area contributed by atoms with Gasteiger partial charge in [0.15, 0.2) is 11.4 Å². The van der Waals surface area contributed by atoms with E-state index in [9.17, 15) is 13.6 Å². The molecule has 0 radical (unpaired) electrons. The van der Waals surface area contributed by atoms with Crippen LogP contribution in [0.1, 0.15) is 34.5 Å². The van der Waals surface area contributed by atoms with E-state index in [1.54, 1.807) is 18.2 Å². The average Bonchev–Trinajstić information content (AvgIpc) is 3.32. The lowest BCUT2D eigenvalue weighted by Gasteiger charge is -2.38. The largest absolute Gasteiger partial charge is 0.448 e. The van der Waals surface area contributed by atoms with Gasteiger partial charge in [-0.2, -0.15) is 5.10 Å². The highest BCUT2D eigenvalue weighted by Gasteiger charge is 2.47. The Balaban J connectivity index is 1.93. The van der Waals surface area contributed by atoms with Crippen molar-refractivity contribution >= 4 is 5.97 Å². The minimum atomic E-state index is -1.88. The van der Waals surface area contributed by atoms with E-state index in [4.69, 9.17) is 4.74 Å². The van der Waals surface area contributed by atoms with Crippen LogP contribution in [0.2, 0.25) is 0 Å². The third kappa shape index (κ3) is 4.45. The van der Waals surface area contributed by atoms with Crippen molar-refractivity contribution in [2.75, 3.05) is 0 Å². The monoisotopic (exact) mass is 453 g/mol. The van der Waals surface area contributed by atoms with Crippen LogP contribution in [-0.2, 0) is 16.9 Å². The molecule has 0 fully saturated rings. The fourth-order valence-electron chi connectivity index (χ4n) is 3.68. The average molecular weight is 453 g/mol. The number of carbonyl (C=O) groups excluding carboxylic acids is 1. The number of esters is 1. The molecule has 168 valence electrons. The van der Waals surface area contributed by atoms with Crippen molar-refractivity contribution < 1.29 is 22.7 Å². The van der Waals surface area contributed by atoms with Gasteiger partial charge < -0.3 is 4.74 Å². The molecule has 0 aliphatic carbocycles. The summed E-state index contributed by atoms with van der Waals surface area (Å²) in [5, 5.41) is 4.04. The molecule has 2 aromatic carbocycles. The Morgan fingerprint density at radius 3 is 2.52 bits per heavy atom. The summed E-state index contributed by atoms with van der Waals surface area (Å²) in [4.78, 5) is 24.7. The second-order valence-electron chi connectivity index (χ2n) is 7.34. The van der Waals surface area contributed by atoms with Crippen LogP contribution in [0.3, 0.4) is 0 Å². The van der Waals surface area contributed by atoms with E-state index in [0.717, 1.165) is 24.7 Å². The summed E-state index contributed by atoms with van der Waals surface area (Å²) in [6, 6.07) is 10.9. The van der Waals surface area contributed by atoms with Gasteiger partial charge >= 0.3 is 5.97 Å². The molecule has 0 saturated carbocycles. The normalized spacial score (nSPS) is 13.8. The van der Waals surface area contributed by atoms with E-state index in [1.165, 1.54) is 36.4 Å². The molecule has 0 aliphatic rings. The number of halogens is 3. The Hall–Kier alpha value is -4.08. The van der Waals surface area contributed by atoms with Crippen molar-refractivity contribution in [1.82, 2.24) is 24.7 Å². The van der Waals surface area contributed by atoms with Crippen LogP contribution >= 0.6 is 0 Å². The maximum atomic E-state index is 15.2. The molecule has 0 aliphatic heterocycles. The second-order valence-corrected chi connectivity index (χ2v) is 7.34. The summed E-state index contributed by atoms with van der Waals surface area (Å²) in [5.41, 5.74) is -1.98. The van der Waals surface area contributed by atoms with Crippen LogP contribution in [0, 0.1) is 17.5 Å². The maximum Gasteiger partial charge on any atom is 0.339 e. The highest BCUT2D eigenvalue weighted by atomic mass is 19.1. The van der Waals surface area contributed by atoms with E-state index >= 15 is 4.39 Å². The lowest BCUT2D eigenvalue weighted by Crippen LogP contribution is -2.43. The number of hydrogen-bond acceptors (Lipinski definition) is 6. The molecule has 10 heteroatoms. The second kappa shape index (κ2) is 9.19. The lowest BCUT2D eigenvalue weighted by molar-refractivity contribution is -0.0497. The molecule has 0 N–H and O–H groups in total. The molecule has 7 nitrogen and oxygen atoms in total. The van der Waals surface area contributed by atoms with Crippen LogP contribution in [-0.4, -0.2) is 30.7 Å². The summed E-state index contributed by atoms with van der Waals surface area (Å²) in [7, 11) is 0. The van der Waals surface area contributed by atoms with E-state index < -0.39 is 34.9 Å². The zero-order valence-corrected chi connectivity index (χ0v) is 17.4. The van der Waals surface area contributed by atoms with Gasteiger partial charge in [-0.1, -0.05) is 25.1 Å². The SMILES string of the molecule is C[C@@H](c1ncncc1F)[C@@](Cn1cncn1)(OC(=O)c1ccccc1)c1ccc(F)cc1F. The number of ether oxygens (including phenoxy) is 1. The Bertz CT molecular complexity index is 1250. The summed E-state index contributed by atoms with van der Waals surface area (Å²) in [6.07, 6.45) is 4.69. The Morgan fingerprint density at radius 1 is 1.06 bits per heavy atom. The molecule has 0 amide bonds. The highest BCUT2D eigenvalue weighted by Crippen LogP contribution is 2.43. The predicted octanol–water partition coefficient (Wildman–Crippen LogP) is 4.04. The van der Waals surface area contributed by atoms with Crippen LogP contribution in [0.25, 0.3) is 0 Å². The first-order valence-corrected chi connectivity index (χ1v) is 9.92.